The molecule has 18 heavy (non-hydrogen) atoms. The van der Waals surface area contributed by atoms with Gasteiger partial charge in [0, 0.05) is 0 Å². The molecule has 2 atom stereocenters. The summed E-state index contributed by atoms with van der Waals surface area (Å²) in [6.07, 6.45) is 1.40. The van der Waals surface area contributed by atoms with E-state index in [2.05, 4.69) is 59.7 Å². The monoisotopic (exact) mass is 248 g/mol. The molecule has 0 bridgehead atoms. The molecule has 1 aromatic carbocycles. The van der Waals surface area contributed by atoms with Gasteiger partial charge in [0.1, 0.15) is 0 Å². The minimum Gasteiger partial charge on any atom is -0.393 e. The first-order valence-corrected chi connectivity index (χ1v) is 6.93. The zero-order chi connectivity index (χ0) is 13.9. The molecule has 1 heteroatoms. The van der Waals surface area contributed by atoms with Crippen molar-refractivity contribution in [1.29, 1.82) is 0 Å². The smallest absolute Gasteiger partial charge is 0.0583 e. The topological polar surface area (TPSA) is 20.2 Å². The molecule has 0 aromatic heterocycles. The van der Waals surface area contributed by atoms with Crippen LogP contribution in [0.4, 0.5) is 0 Å². The average molecular weight is 248 g/mol. The standard InChI is InChI=1S/C17H28O/c1-12-7-13(2)9-15(8-12)11-16(18)10-14(3)17(4,5)6/h7-9,14,16,18H,10-11H2,1-6H3. The largest absolute Gasteiger partial charge is 0.393 e. The zero-order valence-corrected chi connectivity index (χ0v) is 12.7. The summed E-state index contributed by atoms with van der Waals surface area (Å²) in [6, 6.07) is 6.53. The van der Waals surface area contributed by atoms with E-state index in [4.69, 9.17) is 0 Å². The third-order valence-electron chi connectivity index (χ3n) is 3.86. The average Bonchev–Trinajstić information content (AvgIpc) is 2.13. The van der Waals surface area contributed by atoms with E-state index in [0.717, 1.165) is 12.8 Å². The maximum atomic E-state index is 10.2. The zero-order valence-electron chi connectivity index (χ0n) is 12.7. The Bertz CT molecular complexity index is 367. The molecule has 0 heterocycles. The number of aliphatic hydroxyl groups is 1. The van der Waals surface area contributed by atoms with Crippen molar-refractivity contribution in [2.45, 2.75) is 60.5 Å². The molecule has 1 rings (SSSR count). The van der Waals surface area contributed by atoms with Crippen LogP contribution in [0.2, 0.25) is 0 Å². The maximum Gasteiger partial charge on any atom is 0.0583 e. The van der Waals surface area contributed by atoms with Crippen molar-refractivity contribution < 1.29 is 5.11 Å². The molecule has 2 unspecified atom stereocenters. The summed E-state index contributed by atoms with van der Waals surface area (Å²) in [6.45, 7) is 13.2. The lowest BCUT2D eigenvalue weighted by atomic mass is 9.78. The predicted molar refractivity (Wildman–Crippen MR) is 78.9 cm³/mol. The van der Waals surface area contributed by atoms with E-state index in [1.165, 1.54) is 16.7 Å². The van der Waals surface area contributed by atoms with Gasteiger partial charge in [0.2, 0.25) is 0 Å². The third kappa shape index (κ3) is 4.81. The summed E-state index contributed by atoms with van der Waals surface area (Å²) in [5, 5.41) is 10.2. The molecule has 0 aliphatic heterocycles. The lowest BCUT2D eigenvalue weighted by molar-refractivity contribution is 0.110. The highest BCUT2D eigenvalue weighted by molar-refractivity contribution is 5.28. The molecule has 0 fully saturated rings. The van der Waals surface area contributed by atoms with Crippen molar-refractivity contribution in [3.8, 4) is 0 Å². The van der Waals surface area contributed by atoms with E-state index in [9.17, 15) is 5.11 Å². The molecular formula is C17H28O. The molecule has 0 aliphatic carbocycles. The Labute approximate surface area is 112 Å². The van der Waals surface area contributed by atoms with Crippen LogP contribution in [0.5, 0.6) is 0 Å². The van der Waals surface area contributed by atoms with Crippen molar-refractivity contribution >= 4 is 0 Å². The quantitative estimate of drug-likeness (QED) is 0.843. The Hall–Kier alpha value is -0.820. The molecular weight excluding hydrogens is 220 g/mol. The van der Waals surface area contributed by atoms with Crippen LogP contribution in [0.1, 0.15) is 50.8 Å². The summed E-state index contributed by atoms with van der Waals surface area (Å²) in [5.74, 6) is 0.526. The number of hydrogen-bond acceptors (Lipinski definition) is 1. The van der Waals surface area contributed by atoms with Crippen molar-refractivity contribution in [1.82, 2.24) is 0 Å². The normalized spacial score (nSPS) is 15.5. The number of aryl methyl sites for hydroxylation is 2. The molecule has 1 N–H and O–H groups in total. The van der Waals surface area contributed by atoms with Gasteiger partial charge in [0.05, 0.1) is 6.10 Å². The van der Waals surface area contributed by atoms with Gasteiger partial charge in [-0.25, -0.2) is 0 Å². The summed E-state index contributed by atoms with van der Waals surface area (Å²) >= 11 is 0. The molecule has 0 spiro atoms. The Morgan fingerprint density at radius 1 is 1.06 bits per heavy atom. The van der Waals surface area contributed by atoms with Gasteiger partial charge in [0.15, 0.2) is 0 Å². The lowest BCUT2D eigenvalue weighted by Gasteiger charge is -2.29. The van der Waals surface area contributed by atoms with E-state index >= 15 is 0 Å². The molecule has 0 saturated heterocycles. The van der Waals surface area contributed by atoms with E-state index in [-0.39, 0.29) is 11.5 Å². The van der Waals surface area contributed by atoms with Crippen LogP contribution in [0.3, 0.4) is 0 Å². The van der Waals surface area contributed by atoms with Gasteiger partial charge in [-0.05, 0) is 43.6 Å². The van der Waals surface area contributed by atoms with Crippen molar-refractivity contribution in [3.63, 3.8) is 0 Å². The summed E-state index contributed by atoms with van der Waals surface area (Å²) < 4.78 is 0. The maximum absolute atomic E-state index is 10.2. The number of benzene rings is 1. The molecule has 1 aromatic rings. The minimum atomic E-state index is -0.236. The van der Waals surface area contributed by atoms with Crippen molar-refractivity contribution in [3.05, 3.63) is 34.9 Å². The second-order valence-corrected chi connectivity index (χ2v) is 6.86. The number of rotatable bonds is 4. The Morgan fingerprint density at radius 3 is 2.00 bits per heavy atom. The van der Waals surface area contributed by atoms with Gasteiger partial charge in [-0.1, -0.05) is 57.0 Å². The fourth-order valence-electron chi connectivity index (χ4n) is 2.30. The van der Waals surface area contributed by atoms with Gasteiger partial charge in [-0.2, -0.15) is 0 Å². The fourth-order valence-corrected chi connectivity index (χ4v) is 2.30. The summed E-state index contributed by atoms with van der Waals surface area (Å²) in [4.78, 5) is 0. The van der Waals surface area contributed by atoms with Crippen LogP contribution >= 0.6 is 0 Å². The van der Waals surface area contributed by atoms with Gasteiger partial charge in [-0.15, -0.1) is 0 Å². The first-order valence-electron chi connectivity index (χ1n) is 6.93. The van der Waals surface area contributed by atoms with E-state index in [0.29, 0.717) is 5.92 Å². The first-order chi connectivity index (χ1) is 8.18. The van der Waals surface area contributed by atoms with Gasteiger partial charge >= 0.3 is 0 Å². The lowest BCUT2D eigenvalue weighted by Crippen LogP contribution is -2.24. The van der Waals surface area contributed by atoms with Gasteiger partial charge in [-0.3, -0.25) is 0 Å². The summed E-state index contributed by atoms with van der Waals surface area (Å²) in [5.41, 5.74) is 4.08. The van der Waals surface area contributed by atoms with Crippen LogP contribution in [0.25, 0.3) is 0 Å². The second kappa shape index (κ2) is 5.88. The SMILES string of the molecule is Cc1cc(C)cc(CC(O)CC(C)C(C)(C)C)c1. The van der Waals surface area contributed by atoms with E-state index in [1.807, 2.05) is 0 Å². The highest BCUT2D eigenvalue weighted by atomic mass is 16.3. The minimum absolute atomic E-state index is 0.236. The number of hydrogen-bond donors (Lipinski definition) is 1. The Kier molecular flexibility index (Phi) is 4.98. The van der Waals surface area contributed by atoms with Crippen molar-refractivity contribution in [2.24, 2.45) is 11.3 Å². The van der Waals surface area contributed by atoms with Crippen LogP contribution in [-0.2, 0) is 6.42 Å². The highest BCUT2D eigenvalue weighted by Crippen LogP contribution is 2.29. The second-order valence-electron chi connectivity index (χ2n) is 6.86. The van der Waals surface area contributed by atoms with E-state index < -0.39 is 0 Å². The molecule has 0 amide bonds. The van der Waals surface area contributed by atoms with Crippen LogP contribution in [0, 0.1) is 25.2 Å². The fraction of sp³-hybridized carbons (Fsp3) is 0.647. The van der Waals surface area contributed by atoms with Crippen molar-refractivity contribution in [2.75, 3.05) is 0 Å². The van der Waals surface area contributed by atoms with Crippen LogP contribution in [0.15, 0.2) is 18.2 Å². The summed E-state index contributed by atoms with van der Waals surface area (Å²) in [7, 11) is 0. The Balaban J connectivity index is 2.62. The van der Waals surface area contributed by atoms with Gasteiger partial charge < -0.3 is 5.11 Å². The first kappa shape index (κ1) is 15.2. The molecule has 0 aliphatic rings. The Morgan fingerprint density at radius 2 is 1.56 bits per heavy atom. The van der Waals surface area contributed by atoms with Gasteiger partial charge in [0.25, 0.3) is 0 Å². The predicted octanol–water partition coefficient (Wildman–Crippen LogP) is 4.28. The molecule has 0 saturated carbocycles. The number of aliphatic hydroxyl groups excluding tert-OH is 1. The molecule has 0 radical (unpaired) electrons. The highest BCUT2D eigenvalue weighted by Gasteiger charge is 2.22. The van der Waals surface area contributed by atoms with Crippen LogP contribution < -0.4 is 0 Å². The third-order valence-corrected chi connectivity index (χ3v) is 3.86. The molecule has 102 valence electrons. The molecule has 1 nitrogen and oxygen atoms in total. The van der Waals surface area contributed by atoms with E-state index in [1.54, 1.807) is 0 Å². The van der Waals surface area contributed by atoms with Crippen LogP contribution in [-0.4, -0.2) is 11.2 Å².